The fourth-order valence-corrected chi connectivity index (χ4v) is 4.04. The first kappa shape index (κ1) is 18.6. The second kappa shape index (κ2) is 8.14. The Kier molecular flexibility index (Phi) is 5.22. The van der Waals surface area contributed by atoms with E-state index in [1.807, 2.05) is 16.7 Å². The van der Waals surface area contributed by atoms with Crippen molar-refractivity contribution >= 4 is 40.1 Å². The summed E-state index contributed by atoms with van der Waals surface area (Å²) in [5.74, 6) is 0.444. The van der Waals surface area contributed by atoms with Crippen molar-refractivity contribution < 1.29 is 9.47 Å². The number of morpholine rings is 1. The highest BCUT2D eigenvalue weighted by atomic mass is 35.5. The van der Waals surface area contributed by atoms with Gasteiger partial charge in [-0.2, -0.15) is 9.97 Å². The molecule has 9 heteroatoms. The zero-order valence-electron chi connectivity index (χ0n) is 16.1. The highest BCUT2D eigenvalue weighted by molar-refractivity contribution is 6.33. The summed E-state index contributed by atoms with van der Waals surface area (Å²) >= 11 is 6.40. The van der Waals surface area contributed by atoms with Gasteiger partial charge in [0.25, 0.3) is 0 Å². The zero-order valence-corrected chi connectivity index (χ0v) is 16.8. The molecule has 1 aromatic carbocycles. The number of aromatic nitrogens is 4. The van der Waals surface area contributed by atoms with Crippen molar-refractivity contribution in [2.24, 2.45) is 0 Å². The number of halogens is 1. The summed E-state index contributed by atoms with van der Waals surface area (Å²) in [6.45, 7) is 4.03. The molecule has 0 bridgehead atoms. The van der Waals surface area contributed by atoms with E-state index in [0.717, 1.165) is 63.5 Å². The van der Waals surface area contributed by atoms with E-state index in [-0.39, 0.29) is 6.23 Å². The summed E-state index contributed by atoms with van der Waals surface area (Å²) < 4.78 is 13.3. The van der Waals surface area contributed by atoms with Gasteiger partial charge in [-0.25, -0.2) is 4.98 Å². The fraction of sp³-hybridized carbons (Fsp3) is 0.450. The Morgan fingerprint density at radius 1 is 1.10 bits per heavy atom. The Morgan fingerprint density at radius 2 is 2.00 bits per heavy atom. The lowest BCUT2D eigenvalue weighted by molar-refractivity contribution is -0.0298. The normalized spacial score (nSPS) is 20.2. The van der Waals surface area contributed by atoms with E-state index < -0.39 is 0 Å². The van der Waals surface area contributed by atoms with E-state index in [0.29, 0.717) is 22.3 Å². The molecule has 1 unspecified atom stereocenters. The first-order valence-corrected chi connectivity index (χ1v) is 10.4. The molecule has 1 N–H and O–H groups in total. The van der Waals surface area contributed by atoms with Crippen LogP contribution >= 0.6 is 11.6 Å². The second-order valence-electron chi connectivity index (χ2n) is 7.26. The van der Waals surface area contributed by atoms with Crippen LogP contribution < -0.4 is 10.2 Å². The highest BCUT2D eigenvalue weighted by Gasteiger charge is 2.21. The van der Waals surface area contributed by atoms with Crippen LogP contribution in [-0.4, -0.2) is 52.4 Å². The number of nitrogens with zero attached hydrogens (tertiary/aromatic N) is 5. The predicted molar refractivity (Wildman–Crippen MR) is 112 cm³/mol. The van der Waals surface area contributed by atoms with Crippen molar-refractivity contribution in [1.29, 1.82) is 0 Å². The topological polar surface area (TPSA) is 77.3 Å². The molecule has 29 heavy (non-hydrogen) atoms. The number of rotatable bonds is 4. The van der Waals surface area contributed by atoms with Gasteiger partial charge in [-0.05, 0) is 37.5 Å². The largest absolute Gasteiger partial charge is 0.378 e. The number of ether oxygens (including phenoxy) is 2. The lowest BCUT2D eigenvalue weighted by Gasteiger charge is -2.29. The van der Waals surface area contributed by atoms with E-state index in [1.165, 1.54) is 0 Å². The maximum absolute atomic E-state index is 6.40. The van der Waals surface area contributed by atoms with Gasteiger partial charge in [0.05, 0.1) is 19.5 Å². The lowest BCUT2D eigenvalue weighted by atomic mass is 10.2. The van der Waals surface area contributed by atoms with E-state index in [1.54, 1.807) is 6.33 Å². The summed E-state index contributed by atoms with van der Waals surface area (Å²) in [5.41, 5.74) is 3.33. The minimum atomic E-state index is -0.0581. The summed E-state index contributed by atoms with van der Waals surface area (Å²) in [7, 11) is 0. The number of nitrogens with one attached hydrogen (secondary N) is 1. The third-order valence-corrected chi connectivity index (χ3v) is 5.59. The molecule has 2 aliphatic heterocycles. The van der Waals surface area contributed by atoms with Crippen molar-refractivity contribution in [3.63, 3.8) is 0 Å². The zero-order chi connectivity index (χ0) is 19.6. The number of benzene rings is 1. The van der Waals surface area contributed by atoms with Gasteiger partial charge in [-0.15, -0.1) is 0 Å². The number of hydrogen-bond acceptors (Lipinski definition) is 7. The highest BCUT2D eigenvalue weighted by Crippen LogP contribution is 2.29. The molecule has 0 spiro atoms. The van der Waals surface area contributed by atoms with E-state index in [9.17, 15) is 0 Å². The van der Waals surface area contributed by atoms with Gasteiger partial charge < -0.3 is 19.7 Å². The van der Waals surface area contributed by atoms with Crippen LogP contribution in [0.2, 0.25) is 5.15 Å². The van der Waals surface area contributed by atoms with Gasteiger partial charge in [0.2, 0.25) is 5.95 Å². The minimum absolute atomic E-state index is 0.0581. The van der Waals surface area contributed by atoms with Crippen LogP contribution in [0.25, 0.3) is 11.2 Å². The molecule has 2 aromatic heterocycles. The van der Waals surface area contributed by atoms with Gasteiger partial charge in [0, 0.05) is 31.1 Å². The number of anilines is 3. The summed E-state index contributed by atoms with van der Waals surface area (Å²) in [4.78, 5) is 15.8. The molecule has 8 nitrogen and oxygen atoms in total. The van der Waals surface area contributed by atoms with Crippen LogP contribution in [0.15, 0.2) is 30.6 Å². The Labute approximate surface area is 173 Å². The summed E-state index contributed by atoms with van der Waals surface area (Å²) in [6, 6.07) is 8.21. The van der Waals surface area contributed by atoms with Crippen LogP contribution in [0.5, 0.6) is 0 Å². The molecule has 5 rings (SSSR count). The van der Waals surface area contributed by atoms with Gasteiger partial charge in [-0.1, -0.05) is 17.7 Å². The molecule has 0 saturated carbocycles. The Balaban J connectivity index is 1.43. The van der Waals surface area contributed by atoms with Gasteiger partial charge in [0.1, 0.15) is 11.7 Å². The molecular weight excluding hydrogens is 392 g/mol. The summed E-state index contributed by atoms with van der Waals surface area (Å²) in [5, 5.41) is 3.62. The Morgan fingerprint density at radius 3 is 2.83 bits per heavy atom. The maximum Gasteiger partial charge on any atom is 0.230 e. The molecule has 3 aromatic rings. The fourth-order valence-electron chi connectivity index (χ4n) is 3.82. The van der Waals surface area contributed by atoms with E-state index >= 15 is 0 Å². The third-order valence-electron chi connectivity index (χ3n) is 5.32. The first-order valence-electron chi connectivity index (χ1n) is 9.99. The van der Waals surface area contributed by atoms with Gasteiger partial charge >= 0.3 is 0 Å². The van der Waals surface area contributed by atoms with Crippen molar-refractivity contribution in [1.82, 2.24) is 19.5 Å². The molecule has 0 aliphatic carbocycles. The van der Waals surface area contributed by atoms with Crippen molar-refractivity contribution in [2.45, 2.75) is 25.5 Å². The Hall–Kier alpha value is -2.42. The molecule has 0 radical (unpaired) electrons. The van der Waals surface area contributed by atoms with Gasteiger partial charge in [0.15, 0.2) is 10.8 Å². The summed E-state index contributed by atoms with van der Waals surface area (Å²) in [6.07, 6.45) is 4.84. The van der Waals surface area contributed by atoms with Crippen LogP contribution in [0.1, 0.15) is 25.5 Å². The predicted octanol–water partition coefficient (Wildman–Crippen LogP) is 3.76. The van der Waals surface area contributed by atoms with Crippen LogP contribution in [0.3, 0.4) is 0 Å². The monoisotopic (exact) mass is 414 g/mol. The van der Waals surface area contributed by atoms with Crippen LogP contribution in [0.4, 0.5) is 17.3 Å². The van der Waals surface area contributed by atoms with E-state index in [2.05, 4.69) is 37.3 Å². The second-order valence-corrected chi connectivity index (χ2v) is 7.62. The Bertz CT molecular complexity index is 998. The van der Waals surface area contributed by atoms with Crippen molar-refractivity contribution in [3.05, 3.63) is 35.7 Å². The molecule has 152 valence electrons. The average Bonchev–Trinajstić information content (AvgIpc) is 3.20. The first-order chi connectivity index (χ1) is 14.3. The quantitative estimate of drug-likeness (QED) is 0.651. The van der Waals surface area contributed by atoms with Crippen LogP contribution in [0, 0.1) is 0 Å². The molecule has 4 heterocycles. The molecule has 2 aliphatic rings. The van der Waals surface area contributed by atoms with Crippen LogP contribution in [-0.2, 0) is 9.47 Å². The smallest absolute Gasteiger partial charge is 0.230 e. The van der Waals surface area contributed by atoms with Crippen molar-refractivity contribution in [2.75, 3.05) is 43.1 Å². The third kappa shape index (κ3) is 3.88. The molecule has 1 atom stereocenters. The lowest BCUT2D eigenvalue weighted by Crippen LogP contribution is -2.36. The minimum Gasteiger partial charge on any atom is -0.378 e. The molecule has 2 saturated heterocycles. The standard InChI is InChI=1S/C20H23ClN6O2/c21-18-17-19(27(13-22-17)16-6-1-2-9-29-16)25-20(24-18)23-14-4-3-5-15(12-14)26-7-10-28-11-8-26/h3-5,12-13,16H,1-2,6-11H2,(H,23,24,25). The molecule has 2 fully saturated rings. The number of imidazole rings is 1. The van der Waals surface area contributed by atoms with Gasteiger partial charge in [-0.3, -0.25) is 4.57 Å². The molecular formula is C20H23ClN6O2. The van der Waals surface area contributed by atoms with Crippen molar-refractivity contribution in [3.8, 4) is 0 Å². The maximum atomic E-state index is 6.40. The number of fused-ring (bicyclic) bond motifs is 1. The number of hydrogen-bond donors (Lipinski definition) is 1. The SMILES string of the molecule is Clc1nc(Nc2cccc(N3CCOCC3)c2)nc2c1ncn2C1CCCCO1. The average molecular weight is 415 g/mol. The molecule has 0 amide bonds. The van der Waals surface area contributed by atoms with E-state index in [4.69, 9.17) is 21.1 Å².